The second kappa shape index (κ2) is 7.94. The molecule has 2 heterocycles. The van der Waals surface area contributed by atoms with Crippen molar-refractivity contribution >= 4 is 23.5 Å². The fourth-order valence-electron chi connectivity index (χ4n) is 3.57. The highest BCUT2D eigenvalue weighted by atomic mass is 16.2. The number of carbonyl (C=O) groups is 3. The van der Waals surface area contributed by atoms with Gasteiger partial charge in [-0.25, -0.2) is 9.48 Å². The number of rotatable bonds is 5. The molecular formula is C22H21N5O4. The van der Waals surface area contributed by atoms with Crippen molar-refractivity contribution in [2.45, 2.75) is 13.0 Å². The topological polar surface area (TPSA) is 105 Å². The van der Waals surface area contributed by atoms with Gasteiger partial charge in [-0.1, -0.05) is 48.5 Å². The summed E-state index contributed by atoms with van der Waals surface area (Å²) >= 11 is 0. The number of aromatic nitrogens is 2. The molecule has 4 amide bonds. The Bertz CT molecular complexity index is 1210. The number of urea groups is 1. The molecule has 0 radical (unpaired) electrons. The lowest BCUT2D eigenvalue weighted by atomic mass is 10.1. The van der Waals surface area contributed by atoms with Gasteiger partial charge in [0.05, 0.1) is 11.4 Å². The normalized spacial score (nSPS) is 15.8. The second-order valence-electron chi connectivity index (χ2n) is 7.20. The zero-order valence-electron chi connectivity index (χ0n) is 17.0. The first-order valence-electron chi connectivity index (χ1n) is 9.69. The van der Waals surface area contributed by atoms with Crippen molar-refractivity contribution in [1.82, 2.24) is 19.6 Å². The monoisotopic (exact) mass is 419 g/mol. The molecule has 1 aliphatic heterocycles. The molecule has 1 aliphatic rings. The van der Waals surface area contributed by atoms with E-state index >= 15 is 0 Å². The number of para-hydroxylation sites is 1. The highest BCUT2D eigenvalue weighted by Crippen LogP contribution is 2.21. The minimum atomic E-state index is -0.838. The van der Waals surface area contributed by atoms with Crippen LogP contribution in [-0.4, -0.2) is 38.7 Å². The first-order chi connectivity index (χ1) is 14.9. The molecule has 9 heteroatoms. The fourth-order valence-corrected chi connectivity index (χ4v) is 3.57. The number of hydrogen-bond donors (Lipinski definition) is 2. The van der Waals surface area contributed by atoms with Gasteiger partial charge >= 0.3 is 6.03 Å². The van der Waals surface area contributed by atoms with Crippen LogP contribution < -0.4 is 16.2 Å². The summed E-state index contributed by atoms with van der Waals surface area (Å²) in [5.41, 5.74) is 1.52. The molecule has 1 saturated heterocycles. The van der Waals surface area contributed by atoms with E-state index < -0.39 is 36.0 Å². The molecule has 9 nitrogen and oxygen atoms in total. The van der Waals surface area contributed by atoms with Crippen LogP contribution >= 0.6 is 0 Å². The van der Waals surface area contributed by atoms with Crippen LogP contribution in [0.15, 0.2) is 65.5 Å². The van der Waals surface area contributed by atoms with E-state index in [2.05, 4.69) is 10.6 Å². The molecule has 2 aromatic carbocycles. The van der Waals surface area contributed by atoms with E-state index in [4.69, 9.17) is 0 Å². The molecule has 0 aliphatic carbocycles. The van der Waals surface area contributed by atoms with E-state index in [1.165, 1.54) is 4.68 Å². The molecule has 1 atom stereocenters. The van der Waals surface area contributed by atoms with Gasteiger partial charge in [0, 0.05) is 7.05 Å². The number of amides is 4. The number of carbonyl (C=O) groups excluding carboxylic acids is 3. The van der Waals surface area contributed by atoms with E-state index in [9.17, 15) is 19.2 Å². The summed E-state index contributed by atoms with van der Waals surface area (Å²) in [6, 6.07) is 16.3. The van der Waals surface area contributed by atoms with Crippen LogP contribution in [0.5, 0.6) is 0 Å². The van der Waals surface area contributed by atoms with E-state index in [1.54, 1.807) is 61.1 Å². The lowest BCUT2D eigenvalue weighted by Crippen LogP contribution is -2.38. The smallest absolute Gasteiger partial charge is 0.322 e. The maximum Gasteiger partial charge on any atom is 0.325 e. The highest BCUT2D eigenvalue weighted by Gasteiger charge is 2.39. The summed E-state index contributed by atoms with van der Waals surface area (Å²) in [6.45, 7) is 1.21. The molecule has 0 spiro atoms. The Balaban J connectivity index is 1.53. The van der Waals surface area contributed by atoms with E-state index in [0.29, 0.717) is 16.9 Å². The summed E-state index contributed by atoms with van der Waals surface area (Å²) in [4.78, 5) is 51.3. The van der Waals surface area contributed by atoms with Crippen LogP contribution in [0.2, 0.25) is 0 Å². The average molecular weight is 419 g/mol. The Morgan fingerprint density at radius 3 is 2.26 bits per heavy atom. The Morgan fingerprint density at radius 2 is 1.61 bits per heavy atom. The molecule has 4 rings (SSSR count). The second-order valence-corrected chi connectivity index (χ2v) is 7.20. The SMILES string of the molecule is Cc1c(NC(=O)CN2C(=O)NC(c3ccccc3)C2=O)c(=O)n(-c2ccccc2)n1C. The fraction of sp³-hybridized carbons (Fsp3) is 0.182. The molecule has 1 fully saturated rings. The summed E-state index contributed by atoms with van der Waals surface area (Å²) in [6.07, 6.45) is 0. The van der Waals surface area contributed by atoms with Crippen LogP contribution in [0.25, 0.3) is 5.69 Å². The van der Waals surface area contributed by atoms with Crippen LogP contribution in [0.1, 0.15) is 17.3 Å². The Hall–Kier alpha value is -4.14. The maximum atomic E-state index is 12.9. The van der Waals surface area contributed by atoms with Crippen molar-refractivity contribution in [3.8, 4) is 5.69 Å². The van der Waals surface area contributed by atoms with Crippen molar-refractivity contribution in [2.75, 3.05) is 11.9 Å². The van der Waals surface area contributed by atoms with Crippen LogP contribution in [0, 0.1) is 6.92 Å². The molecule has 1 unspecified atom stereocenters. The predicted octanol–water partition coefficient (Wildman–Crippen LogP) is 1.72. The van der Waals surface area contributed by atoms with Crippen molar-refractivity contribution < 1.29 is 14.4 Å². The quantitative estimate of drug-likeness (QED) is 0.614. The predicted molar refractivity (Wildman–Crippen MR) is 114 cm³/mol. The molecular weight excluding hydrogens is 398 g/mol. The van der Waals surface area contributed by atoms with Gasteiger partial charge in [-0.15, -0.1) is 0 Å². The summed E-state index contributed by atoms with van der Waals surface area (Å²) in [5, 5.41) is 5.15. The van der Waals surface area contributed by atoms with Gasteiger partial charge in [-0.2, -0.15) is 0 Å². The third-order valence-corrected chi connectivity index (χ3v) is 5.28. The van der Waals surface area contributed by atoms with Crippen LogP contribution in [0.3, 0.4) is 0 Å². The number of nitrogens with zero attached hydrogens (tertiary/aromatic N) is 3. The molecule has 0 bridgehead atoms. The first kappa shape index (κ1) is 20.1. The van der Waals surface area contributed by atoms with Crippen molar-refractivity contribution in [3.63, 3.8) is 0 Å². The van der Waals surface area contributed by atoms with Gasteiger partial charge in [-0.3, -0.25) is 24.0 Å². The lowest BCUT2D eigenvalue weighted by Gasteiger charge is -2.12. The number of nitrogens with one attached hydrogen (secondary N) is 2. The third kappa shape index (κ3) is 3.61. The van der Waals surface area contributed by atoms with Gasteiger partial charge in [0.15, 0.2) is 0 Å². The Morgan fingerprint density at radius 1 is 1.00 bits per heavy atom. The zero-order valence-corrected chi connectivity index (χ0v) is 17.0. The summed E-state index contributed by atoms with van der Waals surface area (Å²) in [7, 11) is 1.71. The molecule has 0 saturated carbocycles. The van der Waals surface area contributed by atoms with E-state index in [1.807, 2.05) is 18.2 Å². The largest absolute Gasteiger partial charge is 0.325 e. The average Bonchev–Trinajstić information content (AvgIpc) is 3.17. The first-order valence-corrected chi connectivity index (χ1v) is 9.69. The van der Waals surface area contributed by atoms with Gasteiger partial charge in [0.2, 0.25) is 5.91 Å². The number of imide groups is 1. The summed E-state index contributed by atoms with van der Waals surface area (Å²) < 4.78 is 3.07. The standard InChI is InChI=1S/C22H21N5O4/c1-14-18(21(30)27(25(14)2)16-11-7-4-8-12-16)23-17(28)13-26-20(29)19(24-22(26)31)15-9-5-3-6-10-15/h3-12,19H,13H2,1-2H3,(H,23,28)(H,24,31). The molecule has 2 N–H and O–H groups in total. The van der Waals surface area contributed by atoms with Crippen molar-refractivity contribution in [1.29, 1.82) is 0 Å². The van der Waals surface area contributed by atoms with Crippen LogP contribution in [0.4, 0.5) is 10.5 Å². The number of benzene rings is 2. The minimum Gasteiger partial charge on any atom is -0.322 e. The number of hydrogen-bond acceptors (Lipinski definition) is 4. The van der Waals surface area contributed by atoms with Crippen molar-refractivity contribution in [3.05, 3.63) is 82.3 Å². The maximum absolute atomic E-state index is 12.9. The van der Waals surface area contributed by atoms with E-state index in [-0.39, 0.29) is 5.69 Å². The molecule has 31 heavy (non-hydrogen) atoms. The van der Waals surface area contributed by atoms with Gasteiger partial charge in [-0.05, 0) is 24.6 Å². The van der Waals surface area contributed by atoms with Gasteiger partial charge in [0.25, 0.3) is 11.5 Å². The minimum absolute atomic E-state index is 0.100. The Labute approximate surface area is 177 Å². The lowest BCUT2D eigenvalue weighted by molar-refractivity contribution is -0.130. The Kier molecular flexibility index (Phi) is 5.16. The summed E-state index contributed by atoms with van der Waals surface area (Å²) in [5.74, 6) is -1.15. The molecule has 1 aromatic heterocycles. The number of anilines is 1. The van der Waals surface area contributed by atoms with E-state index in [0.717, 1.165) is 4.90 Å². The van der Waals surface area contributed by atoms with Crippen LogP contribution in [-0.2, 0) is 16.6 Å². The van der Waals surface area contributed by atoms with Gasteiger partial charge < -0.3 is 10.6 Å². The molecule has 158 valence electrons. The zero-order chi connectivity index (χ0) is 22.1. The third-order valence-electron chi connectivity index (χ3n) is 5.28. The van der Waals surface area contributed by atoms with Gasteiger partial charge in [0.1, 0.15) is 18.3 Å². The highest BCUT2D eigenvalue weighted by molar-refractivity contribution is 6.08. The van der Waals surface area contributed by atoms with Crippen molar-refractivity contribution in [2.24, 2.45) is 7.05 Å². The molecule has 3 aromatic rings.